The fourth-order valence-electron chi connectivity index (χ4n) is 2.86. The third kappa shape index (κ3) is 3.44. The van der Waals surface area contributed by atoms with Crippen molar-refractivity contribution in [2.24, 2.45) is 5.73 Å². The first-order valence-electron chi connectivity index (χ1n) is 6.37. The monoisotopic (exact) mass is 212 g/mol. The van der Waals surface area contributed by atoms with E-state index in [1.807, 2.05) is 0 Å². The van der Waals surface area contributed by atoms with Crippen LogP contribution in [0.15, 0.2) is 0 Å². The molecule has 0 aromatic rings. The van der Waals surface area contributed by atoms with Crippen molar-refractivity contribution in [3.05, 3.63) is 0 Å². The lowest BCUT2D eigenvalue weighted by Crippen LogP contribution is -2.47. The third-order valence-corrected chi connectivity index (χ3v) is 3.67. The van der Waals surface area contributed by atoms with Crippen LogP contribution in [-0.4, -0.2) is 30.8 Å². The lowest BCUT2D eigenvalue weighted by Gasteiger charge is -2.34. The van der Waals surface area contributed by atoms with Crippen LogP contribution >= 0.6 is 0 Å². The maximum Gasteiger partial charge on any atom is 0.0561 e. The van der Waals surface area contributed by atoms with Crippen molar-refractivity contribution in [1.29, 1.82) is 0 Å². The first-order chi connectivity index (χ1) is 7.24. The molecule has 4 atom stereocenters. The van der Waals surface area contributed by atoms with Crippen LogP contribution in [0.4, 0.5) is 0 Å². The van der Waals surface area contributed by atoms with Crippen molar-refractivity contribution >= 4 is 0 Å². The van der Waals surface area contributed by atoms with Gasteiger partial charge in [0.15, 0.2) is 0 Å². The molecule has 0 spiro atoms. The maximum absolute atomic E-state index is 5.99. The first-order valence-corrected chi connectivity index (χ1v) is 6.37. The summed E-state index contributed by atoms with van der Waals surface area (Å²) < 4.78 is 5.55. The van der Waals surface area contributed by atoms with Gasteiger partial charge < -0.3 is 15.8 Å². The molecule has 2 aliphatic rings. The van der Waals surface area contributed by atoms with Crippen molar-refractivity contribution < 1.29 is 4.74 Å². The fraction of sp³-hybridized carbons (Fsp3) is 1.00. The van der Waals surface area contributed by atoms with E-state index in [-0.39, 0.29) is 0 Å². The van der Waals surface area contributed by atoms with E-state index in [1.54, 1.807) is 0 Å². The van der Waals surface area contributed by atoms with Crippen LogP contribution in [0.5, 0.6) is 0 Å². The second-order valence-corrected chi connectivity index (χ2v) is 5.19. The molecule has 0 radical (unpaired) electrons. The normalized spacial score (nSPS) is 42.8. The SMILES string of the molecule is CC1CC(NC2CCCC(N)C2)CCO1. The molecule has 2 fully saturated rings. The summed E-state index contributed by atoms with van der Waals surface area (Å²) in [5, 5.41) is 3.76. The summed E-state index contributed by atoms with van der Waals surface area (Å²) in [6.45, 7) is 3.08. The Morgan fingerprint density at radius 1 is 1.13 bits per heavy atom. The van der Waals surface area contributed by atoms with Crippen molar-refractivity contribution in [3.8, 4) is 0 Å². The second kappa shape index (κ2) is 5.28. The summed E-state index contributed by atoms with van der Waals surface area (Å²) >= 11 is 0. The molecule has 1 heterocycles. The molecule has 88 valence electrons. The Bertz CT molecular complexity index is 178. The lowest BCUT2D eigenvalue weighted by atomic mass is 9.90. The van der Waals surface area contributed by atoms with Gasteiger partial charge in [0, 0.05) is 24.7 Å². The highest BCUT2D eigenvalue weighted by Crippen LogP contribution is 2.20. The minimum atomic E-state index is 0.425. The molecule has 0 amide bonds. The standard InChI is InChI=1S/C12H24N2O/c1-9-7-12(5-6-15-9)14-11-4-2-3-10(13)8-11/h9-12,14H,2-8,13H2,1H3. The Morgan fingerprint density at radius 2 is 1.93 bits per heavy atom. The number of nitrogens with two attached hydrogens (primary N) is 1. The zero-order chi connectivity index (χ0) is 10.7. The molecule has 0 bridgehead atoms. The molecular formula is C12H24N2O. The predicted octanol–water partition coefficient (Wildman–Crippen LogP) is 1.41. The van der Waals surface area contributed by atoms with E-state index < -0.39 is 0 Å². The Labute approximate surface area is 92.7 Å². The Balaban J connectivity index is 1.75. The summed E-state index contributed by atoms with van der Waals surface area (Å²) in [4.78, 5) is 0. The van der Waals surface area contributed by atoms with Gasteiger partial charge in [0.1, 0.15) is 0 Å². The van der Waals surface area contributed by atoms with Crippen LogP contribution in [0.2, 0.25) is 0 Å². The lowest BCUT2D eigenvalue weighted by molar-refractivity contribution is 0.0102. The molecule has 1 aliphatic carbocycles. The molecule has 3 nitrogen and oxygen atoms in total. The highest BCUT2D eigenvalue weighted by molar-refractivity contribution is 4.84. The highest BCUT2D eigenvalue weighted by Gasteiger charge is 2.24. The van der Waals surface area contributed by atoms with Crippen LogP contribution in [0.25, 0.3) is 0 Å². The van der Waals surface area contributed by atoms with E-state index in [0.29, 0.717) is 24.2 Å². The van der Waals surface area contributed by atoms with E-state index in [1.165, 1.54) is 19.3 Å². The van der Waals surface area contributed by atoms with Gasteiger partial charge in [0.25, 0.3) is 0 Å². The summed E-state index contributed by atoms with van der Waals surface area (Å²) in [5.41, 5.74) is 5.99. The van der Waals surface area contributed by atoms with Gasteiger partial charge in [-0.15, -0.1) is 0 Å². The average molecular weight is 212 g/mol. The smallest absolute Gasteiger partial charge is 0.0561 e. The van der Waals surface area contributed by atoms with Crippen molar-refractivity contribution in [3.63, 3.8) is 0 Å². The van der Waals surface area contributed by atoms with Gasteiger partial charge >= 0.3 is 0 Å². The highest BCUT2D eigenvalue weighted by atomic mass is 16.5. The van der Waals surface area contributed by atoms with E-state index >= 15 is 0 Å². The molecule has 2 rings (SSSR count). The van der Waals surface area contributed by atoms with E-state index in [4.69, 9.17) is 10.5 Å². The van der Waals surface area contributed by atoms with E-state index in [9.17, 15) is 0 Å². The zero-order valence-electron chi connectivity index (χ0n) is 9.74. The molecule has 3 N–H and O–H groups in total. The average Bonchev–Trinajstić information content (AvgIpc) is 2.17. The van der Waals surface area contributed by atoms with Gasteiger partial charge in [-0.3, -0.25) is 0 Å². The molecule has 15 heavy (non-hydrogen) atoms. The van der Waals surface area contributed by atoms with Crippen LogP contribution in [0, 0.1) is 0 Å². The van der Waals surface area contributed by atoms with Crippen LogP contribution in [0.1, 0.15) is 45.4 Å². The molecule has 0 aromatic carbocycles. The van der Waals surface area contributed by atoms with Gasteiger partial charge in [0.05, 0.1) is 6.10 Å². The molecule has 0 aromatic heterocycles. The first kappa shape index (κ1) is 11.4. The summed E-state index contributed by atoms with van der Waals surface area (Å²) in [7, 11) is 0. The van der Waals surface area contributed by atoms with Crippen LogP contribution < -0.4 is 11.1 Å². The Kier molecular flexibility index (Phi) is 4.00. The van der Waals surface area contributed by atoms with Gasteiger partial charge in [-0.05, 0) is 39.0 Å². The van der Waals surface area contributed by atoms with Crippen LogP contribution in [0.3, 0.4) is 0 Å². The molecule has 1 saturated carbocycles. The fourth-order valence-corrected chi connectivity index (χ4v) is 2.86. The minimum Gasteiger partial charge on any atom is -0.378 e. The molecule has 1 saturated heterocycles. The summed E-state index contributed by atoms with van der Waals surface area (Å²) in [6, 6.07) is 1.74. The second-order valence-electron chi connectivity index (χ2n) is 5.19. The maximum atomic E-state index is 5.99. The zero-order valence-corrected chi connectivity index (χ0v) is 9.74. The molecule has 1 aliphatic heterocycles. The van der Waals surface area contributed by atoms with Gasteiger partial charge in [-0.2, -0.15) is 0 Å². The minimum absolute atomic E-state index is 0.425. The van der Waals surface area contributed by atoms with E-state index in [2.05, 4.69) is 12.2 Å². The number of rotatable bonds is 2. The number of ether oxygens (including phenoxy) is 1. The van der Waals surface area contributed by atoms with Crippen molar-refractivity contribution in [2.45, 2.75) is 69.7 Å². The third-order valence-electron chi connectivity index (χ3n) is 3.67. The topological polar surface area (TPSA) is 47.3 Å². The van der Waals surface area contributed by atoms with Crippen LogP contribution in [-0.2, 0) is 4.74 Å². The van der Waals surface area contributed by atoms with E-state index in [0.717, 1.165) is 25.9 Å². The Morgan fingerprint density at radius 3 is 2.67 bits per heavy atom. The van der Waals surface area contributed by atoms with Crippen molar-refractivity contribution in [2.75, 3.05) is 6.61 Å². The summed E-state index contributed by atoms with van der Waals surface area (Å²) in [5.74, 6) is 0. The number of nitrogens with one attached hydrogen (secondary N) is 1. The quantitative estimate of drug-likeness (QED) is 0.727. The van der Waals surface area contributed by atoms with Crippen molar-refractivity contribution in [1.82, 2.24) is 5.32 Å². The summed E-state index contributed by atoms with van der Waals surface area (Å²) in [6.07, 6.45) is 7.71. The molecule has 3 heteroatoms. The van der Waals surface area contributed by atoms with Gasteiger partial charge in [-0.1, -0.05) is 6.42 Å². The van der Waals surface area contributed by atoms with Gasteiger partial charge in [-0.25, -0.2) is 0 Å². The largest absolute Gasteiger partial charge is 0.378 e. The number of hydrogen-bond acceptors (Lipinski definition) is 3. The Hall–Kier alpha value is -0.120. The molecular weight excluding hydrogens is 188 g/mol. The van der Waals surface area contributed by atoms with Gasteiger partial charge in [0.2, 0.25) is 0 Å². The predicted molar refractivity (Wildman–Crippen MR) is 61.8 cm³/mol. The molecule has 4 unspecified atom stereocenters. The number of hydrogen-bond donors (Lipinski definition) is 2.